The molecule has 1 fully saturated rings. The number of allylic oxidation sites excluding steroid dienone is 1. The number of amides is 1. The molecule has 0 radical (unpaired) electrons. The van der Waals surface area contributed by atoms with Gasteiger partial charge in [-0.15, -0.1) is 0 Å². The van der Waals surface area contributed by atoms with Crippen LogP contribution in [0.1, 0.15) is 21.6 Å². The van der Waals surface area contributed by atoms with Gasteiger partial charge in [-0.3, -0.25) is 9.80 Å². The fourth-order valence-corrected chi connectivity index (χ4v) is 4.71. The zero-order chi connectivity index (χ0) is 33.6. The molecule has 1 atom stereocenters. The number of carbonyl (C=O) groups excluding carboxylic acids is 1. The van der Waals surface area contributed by atoms with Crippen LogP contribution in [0.5, 0.6) is 0 Å². The molecule has 17 heteroatoms. The van der Waals surface area contributed by atoms with Crippen molar-refractivity contribution in [2.75, 3.05) is 57.6 Å². The largest absolute Gasteiger partial charge is 0.419 e. The minimum Gasteiger partial charge on any atom is -0.379 e. The van der Waals surface area contributed by atoms with E-state index >= 15 is 0 Å². The smallest absolute Gasteiger partial charge is 0.379 e. The van der Waals surface area contributed by atoms with Gasteiger partial charge >= 0.3 is 12.4 Å². The van der Waals surface area contributed by atoms with Crippen LogP contribution in [0.2, 0.25) is 25.7 Å². The number of hydrogen-bond donors (Lipinski definition) is 2. The summed E-state index contributed by atoms with van der Waals surface area (Å²) in [5.41, 5.74) is 0.548. The summed E-state index contributed by atoms with van der Waals surface area (Å²) in [6, 6.07) is 0.106. The number of rotatable bonds is 13. The van der Waals surface area contributed by atoms with Crippen molar-refractivity contribution in [2.24, 2.45) is 0 Å². The normalized spacial score (nSPS) is 18.3. The number of halogens is 6. The van der Waals surface area contributed by atoms with E-state index in [0.29, 0.717) is 19.0 Å². The molecule has 0 spiro atoms. The van der Waals surface area contributed by atoms with Gasteiger partial charge < -0.3 is 30.0 Å². The molecule has 10 nitrogen and oxygen atoms in total. The monoisotopic (exact) mass is 641 g/mol. The minimum absolute atomic E-state index is 0.0838. The van der Waals surface area contributed by atoms with E-state index in [1.807, 2.05) is 0 Å². The van der Waals surface area contributed by atoms with Crippen LogP contribution in [0.3, 0.4) is 0 Å². The highest BCUT2D eigenvalue weighted by Crippen LogP contribution is 2.32. The molecule has 0 saturated carbocycles. The highest BCUT2D eigenvalue weighted by atomic mass is 28.3. The number of hydrazine groups is 1. The lowest BCUT2D eigenvalue weighted by Gasteiger charge is -2.34. The zero-order valence-corrected chi connectivity index (χ0v) is 25.5. The lowest BCUT2D eigenvalue weighted by Crippen LogP contribution is -2.49. The number of ether oxygens (including phenoxy) is 2. The summed E-state index contributed by atoms with van der Waals surface area (Å²) >= 11 is 0. The highest BCUT2D eigenvalue weighted by Gasteiger charge is 2.38. The first-order valence-corrected chi connectivity index (χ1v) is 17.4. The molecule has 242 valence electrons. The molecule has 0 aromatic carbocycles. The first-order chi connectivity index (χ1) is 20.7. The van der Waals surface area contributed by atoms with Crippen LogP contribution in [0, 0.1) is 0 Å². The molecule has 0 bridgehead atoms. The fraction of sp³-hybridized carbons (Fsp3) is 0.654. The van der Waals surface area contributed by atoms with Crippen LogP contribution >= 0.6 is 0 Å². The number of piperazine rings is 1. The van der Waals surface area contributed by atoms with Crippen LogP contribution in [0.4, 0.5) is 32.3 Å². The molecule has 3 heterocycles. The second-order valence-corrected chi connectivity index (χ2v) is 17.0. The third-order valence-corrected chi connectivity index (χ3v) is 8.13. The predicted octanol–water partition coefficient (Wildman–Crippen LogP) is 3.95. The van der Waals surface area contributed by atoms with Gasteiger partial charge in [0.05, 0.1) is 39.2 Å². The van der Waals surface area contributed by atoms with Crippen molar-refractivity contribution in [3.63, 3.8) is 0 Å². The van der Waals surface area contributed by atoms with E-state index < -0.39 is 56.5 Å². The van der Waals surface area contributed by atoms with E-state index in [4.69, 9.17) is 12.2 Å². The van der Waals surface area contributed by atoms with Gasteiger partial charge in [0.1, 0.15) is 6.73 Å². The summed E-state index contributed by atoms with van der Waals surface area (Å²) in [7, 11) is -1.35. The number of nitrogens with one attached hydrogen (secondary N) is 2. The predicted molar refractivity (Wildman–Crippen MR) is 150 cm³/mol. The maximum absolute atomic E-state index is 13.8. The first-order valence-electron chi connectivity index (χ1n) is 14.7. The van der Waals surface area contributed by atoms with E-state index in [2.05, 4.69) is 40.4 Å². The molecular weight excluding hydrogens is 600 g/mol. The van der Waals surface area contributed by atoms with E-state index in [1.165, 1.54) is 16.8 Å². The number of carbonyl (C=O) groups is 1. The summed E-state index contributed by atoms with van der Waals surface area (Å²) in [6.45, 7) is 6.38. The molecule has 2 aliphatic rings. The maximum Gasteiger partial charge on any atom is 0.419 e. The van der Waals surface area contributed by atoms with E-state index in [-0.39, 0.29) is 51.2 Å². The van der Waals surface area contributed by atoms with E-state index in [0.717, 1.165) is 18.4 Å². The lowest BCUT2D eigenvalue weighted by molar-refractivity contribution is -0.138. The average Bonchev–Trinajstić information content (AvgIpc) is 2.93. The molecule has 43 heavy (non-hydrogen) atoms. The minimum atomic E-state index is -4.68. The standard InChI is InChI=1S/C26H39F6N7O3Si/c1-19(36-22-15-35-39(16-21(22)26(30,31)32)18-42-11-12-43(2,3)4)17-41-10-5-23(40)37-6-8-38(9-7-37)24-33-13-20(14-34-24)25(27,28)29/h13-16,19,35-36H,5-12,17-18H2,1-4H3/t19-/m0/s1/i10D2. The van der Waals surface area contributed by atoms with Crippen LogP contribution < -0.4 is 15.6 Å². The van der Waals surface area contributed by atoms with Crippen LogP contribution in [-0.2, 0) is 20.4 Å². The van der Waals surface area contributed by atoms with Crippen molar-refractivity contribution in [3.8, 4) is 0 Å². The van der Waals surface area contributed by atoms with Crippen molar-refractivity contribution >= 4 is 19.9 Å². The van der Waals surface area contributed by atoms with Crippen molar-refractivity contribution in [2.45, 2.75) is 57.4 Å². The Bertz CT molecular complexity index is 1210. The maximum atomic E-state index is 13.8. The van der Waals surface area contributed by atoms with Gasteiger partial charge in [-0.1, -0.05) is 19.6 Å². The Balaban J connectivity index is 1.45. The first kappa shape index (κ1) is 31.4. The molecule has 2 aliphatic heterocycles. The lowest BCUT2D eigenvalue weighted by atomic mass is 10.1. The molecule has 1 amide bonds. The molecular formula is C26H39F6N7O3Si. The second-order valence-electron chi connectivity index (χ2n) is 11.4. The van der Waals surface area contributed by atoms with Gasteiger partial charge in [-0.25, -0.2) is 9.97 Å². The molecule has 0 aliphatic carbocycles. The summed E-state index contributed by atoms with van der Waals surface area (Å²) in [6.07, 6.45) is -6.47. The Morgan fingerprint density at radius 2 is 1.74 bits per heavy atom. The average molecular weight is 642 g/mol. The molecule has 0 unspecified atom stereocenters. The van der Waals surface area contributed by atoms with E-state index in [9.17, 15) is 31.1 Å². The Kier molecular flexibility index (Phi) is 10.7. The van der Waals surface area contributed by atoms with Gasteiger partial charge in [-0.2, -0.15) is 26.3 Å². The van der Waals surface area contributed by atoms with Crippen LogP contribution in [0.25, 0.3) is 0 Å². The van der Waals surface area contributed by atoms with Crippen molar-refractivity contribution in [1.29, 1.82) is 0 Å². The molecule has 1 aromatic heterocycles. The van der Waals surface area contributed by atoms with Crippen LogP contribution in [-0.4, -0.2) is 98.8 Å². The van der Waals surface area contributed by atoms with Gasteiger partial charge in [0.25, 0.3) is 0 Å². The molecule has 3 rings (SSSR count). The third-order valence-electron chi connectivity index (χ3n) is 6.42. The Labute approximate surface area is 250 Å². The molecule has 1 aromatic rings. The Morgan fingerprint density at radius 3 is 2.33 bits per heavy atom. The zero-order valence-electron chi connectivity index (χ0n) is 26.5. The van der Waals surface area contributed by atoms with Gasteiger partial charge in [0.15, 0.2) is 0 Å². The number of anilines is 1. The molecule has 2 N–H and O–H groups in total. The fourth-order valence-electron chi connectivity index (χ4n) is 3.95. The summed E-state index contributed by atoms with van der Waals surface area (Å²) < 4.78 is 107. The quantitative estimate of drug-likeness (QED) is 0.189. The second kappa shape index (κ2) is 14.6. The topological polar surface area (TPSA) is 95.1 Å². The van der Waals surface area contributed by atoms with Crippen molar-refractivity contribution in [3.05, 3.63) is 41.6 Å². The summed E-state index contributed by atoms with van der Waals surface area (Å²) in [4.78, 5) is 23.3. The van der Waals surface area contributed by atoms with Gasteiger partial charge in [0, 0.05) is 71.7 Å². The van der Waals surface area contributed by atoms with Gasteiger partial charge in [0.2, 0.25) is 11.9 Å². The van der Waals surface area contributed by atoms with Crippen molar-refractivity contribution < 1.29 is 43.4 Å². The number of hydrogen-bond acceptors (Lipinski definition) is 9. The summed E-state index contributed by atoms with van der Waals surface area (Å²) in [5, 5.41) is 3.87. The third kappa shape index (κ3) is 11.2. The van der Waals surface area contributed by atoms with Crippen molar-refractivity contribution in [1.82, 2.24) is 30.6 Å². The number of aromatic nitrogens is 2. The van der Waals surface area contributed by atoms with Gasteiger partial charge in [-0.05, 0) is 13.0 Å². The van der Waals surface area contributed by atoms with Crippen LogP contribution in [0.15, 0.2) is 36.1 Å². The Morgan fingerprint density at radius 1 is 1.09 bits per heavy atom. The SMILES string of the molecule is [2H]C([2H])(CC(=O)N1CCN(c2ncc(C(F)(F)F)cn2)CC1)OC[C@H](C)NC1=CNN(COCC[Si](C)(C)C)C=C1C(F)(F)F. The number of nitrogens with zero attached hydrogens (tertiary/aromatic N) is 5. The number of alkyl halides is 6. The molecule has 1 saturated heterocycles. The summed E-state index contributed by atoms with van der Waals surface area (Å²) in [5.74, 6) is -0.470. The highest BCUT2D eigenvalue weighted by molar-refractivity contribution is 6.76. The van der Waals surface area contributed by atoms with E-state index in [1.54, 1.807) is 4.90 Å². The Hall–Kier alpha value is -3.05.